The van der Waals surface area contributed by atoms with Crippen molar-refractivity contribution in [3.63, 3.8) is 0 Å². The summed E-state index contributed by atoms with van der Waals surface area (Å²) in [6, 6.07) is 9.33. The number of hydrogen-bond acceptors (Lipinski definition) is 2. The van der Waals surface area contributed by atoms with E-state index in [1.807, 2.05) is 6.92 Å². The molecule has 3 heteroatoms. The summed E-state index contributed by atoms with van der Waals surface area (Å²) in [4.78, 5) is 14.8. The molecule has 0 bridgehead atoms. The molecule has 1 aliphatic heterocycles. The van der Waals surface area contributed by atoms with Gasteiger partial charge in [-0.15, -0.1) is 0 Å². The maximum atomic E-state index is 12.7. The van der Waals surface area contributed by atoms with E-state index in [1.165, 1.54) is 30.4 Å². The fourth-order valence-electron chi connectivity index (χ4n) is 5.84. The zero-order chi connectivity index (χ0) is 20.2. The minimum absolute atomic E-state index is 0.0571. The predicted octanol–water partition coefficient (Wildman–Crippen LogP) is 5.02. The topological polar surface area (TPSA) is 40.5 Å². The lowest BCUT2D eigenvalue weighted by molar-refractivity contribution is -0.151. The number of amides is 1. The number of hydrogen-bond donors (Lipinski definition) is 1. The van der Waals surface area contributed by atoms with Gasteiger partial charge in [0.1, 0.15) is 0 Å². The van der Waals surface area contributed by atoms with Crippen LogP contribution in [0, 0.1) is 11.3 Å². The molecule has 2 aliphatic carbocycles. The van der Waals surface area contributed by atoms with Crippen molar-refractivity contribution in [2.45, 2.75) is 89.6 Å². The van der Waals surface area contributed by atoms with Crippen LogP contribution in [0.3, 0.4) is 0 Å². The molecule has 1 spiro atoms. The van der Waals surface area contributed by atoms with Crippen LogP contribution in [0.1, 0.15) is 89.7 Å². The molecular weight excluding hydrogens is 346 g/mol. The van der Waals surface area contributed by atoms with E-state index in [0.29, 0.717) is 24.2 Å². The first-order valence-electron chi connectivity index (χ1n) is 11.2. The van der Waals surface area contributed by atoms with Crippen LogP contribution in [-0.2, 0) is 10.2 Å². The van der Waals surface area contributed by atoms with Crippen LogP contribution in [-0.4, -0.2) is 34.6 Å². The maximum absolute atomic E-state index is 12.7. The molecule has 1 aromatic rings. The van der Waals surface area contributed by atoms with Crippen LogP contribution in [0.2, 0.25) is 0 Å². The van der Waals surface area contributed by atoms with Crippen LogP contribution in [0.5, 0.6) is 0 Å². The second-order valence-corrected chi connectivity index (χ2v) is 11.2. The molecule has 1 N–H and O–H groups in total. The van der Waals surface area contributed by atoms with E-state index < -0.39 is 5.60 Å². The van der Waals surface area contributed by atoms with Crippen molar-refractivity contribution in [1.29, 1.82) is 0 Å². The number of benzene rings is 1. The van der Waals surface area contributed by atoms with E-state index in [2.05, 4.69) is 49.9 Å². The molecule has 1 atom stereocenters. The third-order valence-electron chi connectivity index (χ3n) is 7.81. The van der Waals surface area contributed by atoms with Crippen molar-refractivity contribution in [2.24, 2.45) is 11.3 Å². The first-order valence-corrected chi connectivity index (χ1v) is 11.2. The molecular formula is C25H37NO2. The maximum Gasteiger partial charge on any atom is 0.225 e. The summed E-state index contributed by atoms with van der Waals surface area (Å²) in [6.07, 6.45) is 7.45. The molecule has 154 valence electrons. The lowest BCUT2D eigenvalue weighted by atomic mass is 9.70. The quantitative estimate of drug-likeness (QED) is 0.779. The average Bonchev–Trinajstić information content (AvgIpc) is 3.03. The molecule has 28 heavy (non-hydrogen) atoms. The summed E-state index contributed by atoms with van der Waals surface area (Å²) < 4.78 is 0. The van der Waals surface area contributed by atoms with Gasteiger partial charge in [0.2, 0.25) is 5.91 Å². The SMILES string of the molecule is CC1(O)CC(C(=O)N2CCC3(CCC(c4ccc(C(C)(C)C)cc4)C3)CC2)C1. The molecule has 4 rings (SSSR count). The van der Waals surface area contributed by atoms with Crippen LogP contribution in [0.15, 0.2) is 24.3 Å². The Morgan fingerprint density at radius 2 is 1.64 bits per heavy atom. The lowest BCUT2D eigenvalue weighted by Gasteiger charge is -2.45. The van der Waals surface area contributed by atoms with E-state index in [1.54, 1.807) is 0 Å². The highest BCUT2D eigenvalue weighted by molar-refractivity contribution is 5.80. The first-order chi connectivity index (χ1) is 13.1. The van der Waals surface area contributed by atoms with Gasteiger partial charge in [0, 0.05) is 19.0 Å². The van der Waals surface area contributed by atoms with Crippen molar-refractivity contribution in [3.05, 3.63) is 35.4 Å². The molecule has 2 saturated carbocycles. The van der Waals surface area contributed by atoms with Gasteiger partial charge >= 0.3 is 0 Å². The molecule has 1 heterocycles. The summed E-state index contributed by atoms with van der Waals surface area (Å²) in [5.74, 6) is 1.02. The van der Waals surface area contributed by atoms with Crippen molar-refractivity contribution in [1.82, 2.24) is 4.90 Å². The van der Waals surface area contributed by atoms with Crippen LogP contribution in [0.4, 0.5) is 0 Å². The first kappa shape index (κ1) is 19.9. The van der Waals surface area contributed by atoms with Crippen LogP contribution < -0.4 is 0 Å². The number of rotatable bonds is 2. The minimum atomic E-state index is -0.613. The highest BCUT2D eigenvalue weighted by atomic mass is 16.3. The Balaban J connectivity index is 1.33. The Kier molecular flexibility index (Phi) is 4.89. The van der Waals surface area contributed by atoms with Gasteiger partial charge in [-0.1, -0.05) is 45.0 Å². The van der Waals surface area contributed by atoms with Gasteiger partial charge in [-0.2, -0.15) is 0 Å². The van der Waals surface area contributed by atoms with Crippen molar-refractivity contribution in [3.8, 4) is 0 Å². The Morgan fingerprint density at radius 1 is 1.04 bits per heavy atom. The summed E-state index contributed by atoms with van der Waals surface area (Å²) in [5.41, 5.74) is 2.95. The number of carbonyl (C=O) groups is 1. The van der Waals surface area contributed by atoms with Gasteiger partial charge in [-0.05, 0) is 79.7 Å². The van der Waals surface area contributed by atoms with Crippen molar-refractivity contribution >= 4 is 5.91 Å². The molecule has 1 amide bonds. The highest BCUT2D eigenvalue weighted by Crippen LogP contribution is 2.52. The number of piperidine rings is 1. The van der Waals surface area contributed by atoms with Crippen molar-refractivity contribution < 1.29 is 9.90 Å². The molecule has 1 unspecified atom stereocenters. The number of aliphatic hydroxyl groups is 1. The second-order valence-electron chi connectivity index (χ2n) is 11.2. The summed E-state index contributed by atoms with van der Waals surface area (Å²) >= 11 is 0. The van der Waals surface area contributed by atoms with E-state index in [9.17, 15) is 9.90 Å². The van der Waals surface area contributed by atoms with E-state index >= 15 is 0 Å². The van der Waals surface area contributed by atoms with Gasteiger partial charge in [0.05, 0.1) is 5.60 Å². The molecule has 1 aromatic carbocycles. The molecule has 3 nitrogen and oxygen atoms in total. The molecule has 3 aliphatic rings. The molecule has 1 saturated heterocycles. The predicted molar refractivity (Wildman–Crippen MR) is 113 cm³/mol. The van der Waals surface area contributed by atoms with Gasteiger partial charge in [0.25, 0.3) is 0 Å². The molecule has 3 fully saturated rings. The Bertz CT molecular complexity index is 712. The second kappa shape index (κ2) is 6.86. The number of likely N-dealkylation sites (tertiary alicyclic amines) is 1. The van der Waals surface area contributed by atoms with Gasteiger partial charge < -0.3 is 10.0 Å². The zero-order valence-corrected chi connectivity index (χ0v) is 18.1. The van der Waals surface area contributed by atoms with Crippen LogP contribution in [0.25, 0.3) is 0 Å². The average molecular weight is 384 g/mol. The summed E-state index contributed by atoms with van der Waals surface area (Å²) in [6.45, 7) is 10.5. The smallest absolute Gasteiger partial charge is 0.225 e. The minimum Gasteiger partial charge on any atom is -0.390 e. The van der Waals surface area contributed by atoms with E-state index in [-0.39, 0.29) is 17.2 Å². The Labute approximate surface area is 170 Å². The zero-order valence-electron chi connectivity index (χ0n) is 18.1. The monoisotopic (exact) mass is 383 g/mol. The van der Waals surface area contributed by atoms with Gasteiger partial charge in [-0.3, -0.25) is 4.79 Å². The third kappa shape index (κ3) is 3.87. The molecule has 0 aromatic heterocycles. The van der Waals surface area contributed by atoms with Crippen LogP contribution >= 0.6 is 0 Å². The Hall–Kier alpha value is -1.35. The number of nitrogens with zero attached hydrogens (tertiary/aromatic N) is 1. The van der Waals surface area contributed by atoms with Crippen molar-refractivity contribution in [2.75, 3.05) is 13.1 Å². The molecule has 0 radical (unpaired) electrons. The van der Waals surface area contributed by atoms with E-state index in [0.717, 1.165) is 25.9 Å². The fraction of sp³-hybridized carbons (Fsp3) is 0.720. The number of carbonyl (C=O) groups excluding carboxylic acids is 1. The largest absolute Gasteiger partial charge is 0.390 e. The lowest BCUT2D eigenvalue weighted by Crippen LogP contribution is -2.52. The fourth-order valence-corrected chi connectivity index (χ4v) is 5.84. The summed E-state index contributed by atoms with van der Waals surface area (Å²) in [5, 5.41) is 9.93. The highest BCUT2D eigenvalue weighted by Gasteiger charge is 2.47. The van der Waals surface area contributed by atoms with E-state index in [4.69, 9.17) is 0 Å². The summed E-state index contributed by atoms with van der Waals surface area (Å²) in [7, 11) is 0. The Morgan fingerprint density at radius 3 is 2.18 bits per heavy atom. The third-order valence-corrected chi connectivity index (χ3v) is 7.81. The standard InChI is InChI=1S/C25H37NO2/c1-23(2,3)21-7-5-18(6-8-21)19-9-10-25(17-19)11-13-26(14-12-25)22(27)20-15-24(4,28)16-20/h5-8,19-20,28H,9-17H2,1-4H3. The van der Waals surface area contributed by atoms with Gasteiger partial charge in [-0.25, -0.2) is 0 Å². The van der Waals surface area contributed by atoms with Gasteiger partial charge in [0.15, 0.2) is 0 Å². The normalized spacial score (nSPS) is 32.4.